The molecule has 0 radical (unpaired) electrons. The van der Waals surface area contributed by atoms with E-state index in [2.05, 4.69) is 24.3 Å². The van der Waals surface area contributed by atoms with Crippen molar-refractivity contribution < 1.29 is 15.0 Å². The average molecular weight is 470 g/mol. The first-order valence-electron chi connectivity index (χ1n) is 11.2. The summed E-state index contributed by atoms with van der Waals surface area (Å²) in [6.07, 6.45) is -0.975. The van der Waals surface area contributed by atoms with Crippen molar-refractivity contribution in [2.24, 2.45) is 0 Å². The SMILES string of the molecule is O=C(O)N(Cc1cc(Cl)ccc1-c1cccc(CO)c1)CC1c2ccccc2-c2ccccc21. The van der Waals surface area contributed by atoms with Crippen LogP contribution in [0.4, 0.5) is 4.79 Å². The lowest BCUT2D eigenvalue weighted by atomic mass is 9.95. The zero-order valence-corrected chi connectivity index (χ0v) is 19.2. The fourth-order valence-corrected chi connectivity index (χ4v) is 5.10. The molecule has 170 valence electrons. The van der Waals surface area contributed by atoms with Crippen molar-refractivity contribution in [1.29, 1.82) is 0 Å². The first-order chi connectivity index (χ1) is 16.5. The molecule has 1 aliphatic carbocycles. The number of hydrogen-bond donors (Lipinski definition) is 2. The molecule has 2 N–H and O–H groups in total. The standard InChI is InChI=1S/C29H24ClNO3/c30-22-12-13-23(20-7-5-6-19(14-20)18-32)21(15-22)16-31(29(33)34)17-28-26-10-3-1-8-24(26)25-9-2-4-11-27(25)28/h1-15,28,32H,16-18H2,(H,33,34). The molecule has 0 saturated carbocycles. The zero-order valence-electron chi connectivity index (χ0n) is 18.5. The molecule has 5 heteroatoms. The Labute approximate surface area is 203 Å². The third-order valence-corrected chi connectivity index (χ3v) is 6.72. The second-order valence-electron chi connectivity index (χ2n) is 8.55. The lowest BCUT2D eigenvalue weighted by Gasteiger charge is -2.25. The van der Waals surface area contributed by atoms with Crippen molar-refractivity contribution in [3.63, 3.8) is 0 Å². The maximum absolute atomic E-state index is 12.4. The number of nitrogens with zero attached hydrogens (tertiary/aromatic N) is 1. The monoisotopic (exact) mass is 469 g/mol. The van der Waals surface area contributed by atoms with Crippen LogP contribution in [0.1, 0.15) is 28.2 Å². The number of aliphatic hydroxyl groups excluding tert-OH is 1. The Balaban J connectivity index is 1.51. The van der Waals surface area contributed by atoms with Gasteiger partial charge in [-0.3, -0.25) is 0 Å². The number of aliphatic hydroxyl groups is 1. The molecule has 4 aromatic carbocycles. The molecule has 34 heavy (non-hydrogen) atoms. The number of fused-ring (bicyclic) bond motifs is 3. The van der Waals surface area contributed by atoms with Crippen LogP contribution < -0.4 is 0 Å². The van der Waals surface area contributed by atoms with Crippen LogP contribution in [0.3, 0.4) is 0 Å². The van der Waals surface area contributed by atoms with Crippen molar-refractivity contribution in [2.45, 2.75) is 19.1 Å². The van der Waals surface area contributed by atoms with E-state index in [1.165, 1.54) is 4.90 Å². The van der Waals surface area contributed by atoms with Crippen LogP contribution in [0.2, 0.25) is 5.02 Å². The van der Waals surface area contributed by atoms with Crippen LogP contribution in [-0.4, -0.2) is 27.8 Å². The van der Waals surface area contributed by atoms with Gasteiger partial charge >= 0.3 is 6.09 Å². The van der Waals surface area contributed by atoms with E-state index >= 15 is 0 Å². The number of hydrogen-bond acceptors (Lipinski definition) is 2. The summed E-state index contributed by atoms with van der Waals surface area (Å²) in [5, 5.41) is 20.3. The molecule has 1 aliphatic rings. The highest BCUT2D eigenvalue weighted by atomic mass is 35.5. The summed E-state index contributed by atoms with van der Waals surface area (Å²) in [5.41, 5.74) is 8.07. The minimum absolute atomic E-state index is 0.0381. The van der Waals surface area contributed by atoms with Crippen molar-refractivity contribution in [2.75, 3.05) is 6.54 Å². The lowest BCUT2D eigenvalue weighted by molar-refractivity contribution is 0.141. The summed E-state index contributed by atoms with van der Waals surface area (Å²) in [7, 11) is 0. The third kappa shape index (κ3) is 4.18. The highest BCUT2D eigenvalue weighted by Crippen LogP contribution is 2.45. The summed E-state index contributed by atoms with van der Waals surface area (Å²) in [6.45, 7) is 0.486. The maximum Gasteiger partial charge on any atom is 0.407 e. The molecule has 0 spiro atoms. The number of halogens is 1. The molecular formula is C29H24ClNO3. The summed E-state index contributed by atoms with van der Waals surface area (Å²) >= 11 is 6.32. The molecule has 0 aromatic heterocycles. The summed E-state index contributed by atoms with van der Waals surface area (Å²) in [4.78, 5) is 13.9. The Morgan fingerprint density at radius 3 is 2.15 bits per heavy atom. The smallest absolute Gasteiger partial charge is 0.407 e. The normalized spacial score (nSPS) is 12.3. The Morgan fingerprint density at radius 1 is 0.824 bits per heavy atom. The highest BCUT2D eigenvalue weighted by molar-refractivity contribution is 6.30. The molecule has 0 heterocycles. The van der Waals surface area contributed by atoms with E-state index in [0.717, 1.165) is 44.5 Å². The van der Waals surface area contributed by atoms with E-state index in [0.29, 0.717) is 11.6 Å². The molecule has 0 bridgehead atoms. The Bertz CT molecular complexity index is 1320. The van der Waals surface area contributed by atoms with Crippen LogP contribution in [0.15, 0.2) is 91.0 Å². The van der Waals surface area contributed by atoms with Crippen LogP contribution in [-0.2, 0) is 13.2 Å². The van der Waals surface area contributed by atoms with Crippen molar-refractivity contribution in [3.05, 3.63) is 118 Å². The van der Waals surface area contributed by atoms with E-state index < -0.39 is 6.09 Å². The molecule has 0 unspecified atom stereocenters. The molecule has 4 aromatic rings. The number of carbonyl (C=O) groups is 1. The van der Waals surface area contributed by atoms with Gasteiger partial charge in [-0.05, 0) is 62.7 Å². The van der Waals surface area contributed by atoms with Crippen molar-refractivity contribution in [1.82, 2.24) is 4.90 Å². The summed E-state index contributed by atoms with van der Waals surface area (Å²) in [6, 6.07) is 29.6. The van der Waals surface area contributed by atoms with Crippen LogP contribution in [0.5, 0.6) is 0 Å². The molecule has 0 saturated heterocycles. The largest absolute Gasteiger partial charge is 0.465 e. The first kappa shape index (κ1) is 22.2. The number of amides is 1. The van der Waals surface area contributed by atoms with Gasteiger partial charge in [0.25, 0.3) is 0 Å². The number of benzene rings is 4. The quantitative estimate of drug-likeness (QED) is 0.326. The Hall–Kier alpha value is -3.60. The summed E-state index contributed by atoms with van der Waals surface area (Å²) in [5.74, 6) is -0.0381. The molecule has 5 rings (SSSR count). The predicted octanol–water partition coefficient (Wildman–Crippen LogP) is 6.79. The fraction of sp³-hybridized carbons (Fsp3) is 0.138. The van der Waals surface area contributed by atoms with Gasteiger partial charge in [-0.15, -0.1) is 0 Å². The zero-order chi connectivity index (χ0) is 23.7. The van der Waals surface area contributed by atoms with Gasteiger partial charge in [-0.25, -0.2) is 4.79 Å². The van der Waals surface area contributed by atoms with E-state index in [4.69, 9.17) is 11.6 Å². The summed E-state index contributed by atoms with van der Waals surface area (Å²) < 4.78 is 0. The van der Waals surface area contributed by atoms with Crippen LogP contribution in [0.25, 0.3) is 22.3 Å². The van der Waals surface area contributed by atoms with Crippen molar-refractivity contribution in [3.8, 4) is 22.3 Å². The van der Waals surface area contributed by atoms with Crippen molar-refractivity contribution >= 4 is 17.7 Å². The second-order valence-corrected chi connectivity index (χ2v) is 8.99. The van der Waals surface area contributed by atoms with Gasteiger partial charge in [-0.1, -0.05) is 84.4 Å². The van der Waals surface area contributed by atoms with Gasteiger partial charge in [0.15, 0.2) is 0 Å². The highest BCUT2D eigenvalue weighted by Gasteiger charge is 2.31. The Morgan fingerprint density at radius 2 is 1.50 bits per heavy atom. The third-order valence-electron chi connectivity index (χ3n) is 6.49. The average Bonchev–Trinajstić information content (AvgIpc) is 3.17. The van der Waals surface area contributed by atoms with Gasteiger partial charge in [0.05, 0.1) is 6.61 Å². The van der Waals surface area contributed by atoms with E-state index in [1.54, 1.807) is 6.07 Å². The van der Waals surface area contributed by atoms with Gasteiger partial charge < -0.3 is 15.1 Å². The number of rotatable bonds is 6. The predicted molar refractivity (Wildman–Crippen MR) is 135 cm³/mol. The lowest BCUT2D eigenvalue weighted by Crippen LogP contribution is -2.33. The van der Waals surface area contributed by atoms with Crippen LogP contribution >= 0.6 is 11.6 Å². The van der Waals surface area contributed by atoms with Gasteiger partial charge in [0, 0.05) is 24.0 Å². The second kappa shape index (κ2) is 9.34. The minimum Gasteiger partial charge on any atom is -0.465 e. The Kier molecular flexibility index (Phi) is 6.10. The van der Waals surface area contributed by atoms with Crippen LogP contribution in [0, 0.1) is 0 Å². The number of carboxylic acid groups (broad SMARTS) is 1. The van der Waals surface area contributed by atoms with Gasteiger partial charge in [-0.2, -0.15) is 0 Å². The molecule has 0 aliphatic heterocycles. The minimum atomic E-state index is -0.975. The topological polar surface area (TPSA) is 60.8 Å². The molecule has 0 atom stereocenters. The molecule has 4 nitrogen and oxygen atoms in total. The maximum atomic E-state index is 12.4. The first-order valence-corrected chi connectivity index (χ1v) is 11.6. The van der Waals surface area contributed by atoms with E-state index in [1.807, 2.05) is 60.7 Å². The fourth-order valence-electron chi connectivity index (χ4n) is 4.90. The molecule has 0 fully saturated rings. The van der Waals surface area contributed by atoms with Gasteiger partial charge in [0.2, 0.25) is 0 Å². The van der Waals surface area contributed by atoms with E-state index in [-0.39, 0.29) is 19.1 Å². The van der Waals surface area contributed by atoms with Gasteiger partial charge in [0.1, 0.15) is 0 Å². The molecular weight excluding hydrogens is 446 g/mol. The molecule has 1 amide bonds. The van der Waals surface area contributed by atoms with E-state index in [9.17, 15) is 15.0 Å².